The fourth-order valence-corrected chi connectivity index (χ4v) is 4.04. The molecule has 1 fully saturated rings. The summed E-state index contributed by atoms with van der Waals surface area (Å²) >= 11 is 0. The van der Waals surface area contributed by atoms with Crippen LogP contribution in [0.2, 0.25) is 0 Å². The Morgan fingerprint density at radius 1 is 0.906 bits per heavy atom. The lowest BCUT2D eigenvalue weighted by molar-refractivity contribution is -0.132. The number of amides is 1. The molecule has 0 aromatic heterocycles. The van der Waals surface area contributed by atoms with Crippen LogP contribution in [0.4, 0.5) is 5.69 Å². The minimum atomic E-state index is -0.745. The highest BCUT2D eigenvalue weighted by Crippen LogP contribution is 2.42. The van der Waals surface area contributed by atoms with Gasteiger partial charge in [-0.1, -0.05) is 42.0 Å². The number of carbonyl (C=O) groups is 2. The molecule has 162 valence electrons. The Morgan fingerprint density at radius 3 is 2.25 bits per heavy atom. The quantitative estimate of drug-likeness (QED) is 0.351. The lowest BCUT2D eigenvalue weighted by atomic mass is 9.93. The van der Waals surface area contributed by atoms with Crippen molar-refractivity contribution in [3.8, 4) is 5.75 Å². The van der Waals surface area contributed by atoms with Crippen molar-refractivity contribution in [3.05, 3.63) is 100 Å². The molecule has 5 heteroatoms. The van der Waals surface area contributed by atoms with E-state index in [1.54, 1.807) is 37.4 Å². The van der Waals surface area contributed by atoms with E-state index in [2.05, 4.69) is 0 Å². The average molecular weight is 428 g/mol. The number of ketones is 1. The minimum absolute atomic E-state index is 0.0830. The summed E-state index contributed by atoms with van der Waals surface area (Å²) in [6.07, 6.45) is 0. The van der Waals surface area contributed by atoms with Crippen LogP contribution in [0.5, 0.6) is 5.75 Å². The summed E-state index contributed by atoms with van der Waals surface area (Å²) in [4.78, 5) is 27.9. The van der Waals surface area contributed by atoms with Crippen molar-refractivity contribution in [2.45, 2.75) is 26.8 Å². The molecule has 1 heterocycles. The minimum Gasteiger partial charge on any atom is -0.507 e. The topological polar surface area (TPSA) is 66.8 Å². The molecule has 1 amide bonds. The normalized spacial score (nSPS) is 17.6. The van der Waals surface area contributed by atoms with Gasteiger partial charge in [0.2, 0.25) is 0 Å². The monoisotopic (exact) mass is 427 g/mol. The van der Waals surface area contributed by atoms with Gasteiger partial charge < -0.3 is 9.84 Å². The number of Topliss-reactive ketones (excluding diaryl/α,β-unsaturated/α-hetero) is 1. The van der Waals surface area contributed by atoms with Crippen LogP contribution >= 0.6 is 0 Å². The molecule has 1 unspecified atom stereocenters. The van der Waals surface area contributed by atoms with E-state index in [1.165, 1.54) is 4.90 Å². The maximum absolute atomic E-state index is 13.2. The predicted octanol–water partition coefficient (Wildman–Crippen LogP) is 5.25. The number of nitrogens with zero attached hydrogens (tertiary/aromatic N) is 1. The number of benzene rings is 3. The van der Waals surface area contributed by atoms with Crippen molar-refractivity contribution < 1.29 is 19.4 Å². The van der Waals surface area contributed by atoms with Crippen LogP contribution in [0, 0.1) is 20.8 Å². The van der Waals surface area contributed by atoms with E-state index in [1.807, 2.05) is 57.2 Å². The van der Waals surface area contributed by atoms with Gasteiger partial charge >= 0.3 is 0 Å². The lowest BCUT2D eigenvalue weighted by Gasteiger charge is -2.26. The standard InChI is InChI=1S/C27H25NO4/c1-16-6-5-7-19(14-16)24-23(25(29)20-9-8-17(2)18(3)15-20)26(30)27(31)28(24)21-10-12-22(32-4)13-11-21/h5-15,24,29H,1-4H3/b25-23-. The van der Waals surface area contributed by atoms with Gasteiger partial charge in [-0.15, -0.1) is 0 Å². The number of aryl methyl sites for hydroxylation is 3. The van der Waals surface area contributed by atoms with Crippen LogP contribution in [0.25, 0.3) is 5.76 Å². The molecule has 0 spiro atoms. The molecule has 5 nitrogen and oxygen atoms in total. The third-order valence-corrected chi connectivity index (χ3v) is 5.93. The molecule has 1 atom stereocenters. The maximum atomic E-state index is 13.2. The van der Waals surface area contributed by atoms with E-state index in [0.29, 0.717) is 17.0 Å². The number of hydrogen-bond acceptors (Lipinski definition) is 4. The molecule has 3 aromatic rings. The number of ether oxygens (including phenoxy) is 1. The summed E-state index contributed by atoms with van der Waals surface area (Å²) in [6.45, 7) is 5.88. The first kappa shape index (κ1) is 21.4. The Labute approximate surface area is 187 Å². The zero-order valence-electron chi connectivity index (χ0n) is 18.5. The zero-order valence-corrected chi connectivity index (χ0v) is 18.5. The predicted molar refractivity (Wildman–Crippen MR) is 125 cm³/mol. The number of hydrogen-bond donors (Lipinski definition) is 1. The highest BCUT2D eigenvalue weighted by atomic mass is 16.5. The Balaban J connectivity index is 1.94. The van der Waals surface area contributed by atoms with Crippen molar-refractivity contribution in [2.24, 2.45) is 0 Å². The molecular weight excluding hydrogens is 402 g/mol. The van der Waals surface area contributed by atoms with Gasteiger partial charge in [0.05, 0.1) is 18.7 Å². The summed E-state index contributed by atoms with van der Waals surface area (Å²) in [7, 11) is 1.57. The molecule has 0 aliphatic carbocycles. The van der Waals surface area contributed by atoms with Gasteiger partial charge in [-0.2, -0.15) is 0 Å². The molecular formula is C27H25NO4. The molecule has 1 aliphatic rings. The van der Waals surface area contributed by atoms with E-state index in [-0.39, 0.29) is 11.3 Å². The average Bonchev–Trinajstić information content (AvgIpc) is 3.06. The van der Waals surface area contributed by atoms with Crippen LogP contribution in [0.1, 0.15) is 33.9 Å². The van der Waals surface area contributed by atoms with Gasteiger partial charge in [-0.25, -0.2) is 0 Å². The molecule has 0 saturated carbocycles. The van der Waals surface area contributed by atoms with Crippen LogP contribution in [0.15, 0.2) is 72.3 Å². The Bertz CT molecular complexity index is 1240. The van der Waals surface area contributed by atoms with E-state index in [4.69, 9.17) is 4.74 Å². The van der Waals surface area contributed by atoms with E-state index >= 15 is 0 Å². The Kier molecular flexibility index (Phi) is 5.57. The van der Waals surface area contributed by atoms with Gasteiger partial charge in [-0.05, 0) is 67.8 Å². The van der Waals surface area contributed by atoms with Crippen molar-refractivity contribution >= 4 is 23.1 Å². The van der Waals surface area contributed by atoms with E-state index < -0.39 is 17.7 Å². The fraction of sp³-hybridized carbons (Fsp3) is 0.185. The van der Waals surface area contributed by atoms with E-state index in [0.717, 1.165) is 22.3 Å². The first-order chi connectivity index (χ1) is 15.3. The highest BCUT2D eigenvalue weighted by Gasteiger charge is 2.47. The van der Waals surface area contributed by atoms with Crippen LogP contribution in [-0.4, -0.2) is 23.9 Å². The number of carbonyl (C=O) groups excluding carboxylic acids is 2. The Morgan fingerprint density at radius 2 is 1.62 bits per heavy atom. The largest absolute Gasteiger partial charge is 0.507 e. The fourth-order valence-electron chi connectivity index (χ4n) is 4.04. The van der Waals surface area contributed by atoms with Crippen molar-refractivity contribution in [2.75, 3.05) is 12.0 Å². The Hall–Kier alpha value is -3.86. The smallest absolute Gasteiger partial charge is 0.300 e. The summed E-state index contributed by atoms with van der Waals surface area (Å²) in [6, 6.07) is 19.3. The second-order valence-electron chi connectivity index (χ2n) is 8.08. The number of anilines is 1. The number of methoxy groups -OCH3 is 1. The molecule has 1 aliphatic heterocycles. The van der Waals surface area contributed by atoms with Gasteiger partial charge in [0, 0.05) is 11.3 Å². The van der Waals surface area contributed by atoms with Gasteiger partial charge in [0.25, 0.3) is 11.7 Å². The highest BCUT2D eigenvalue weighted by molar-refractivity contribution is 6.51. The van der Waals surface area contributed by atoms with Crippen LogP contribution in [-0.2, 0) is 9.59 Å². The summed E-state index contributed by atoms with van der Waals surface area (Å²) in [5.74, 6) is -0.906. The number of aliphatic hydroxyl groups is 1. The van der Waals surface area contributed by atoms with Gasteiger partial charge in [-0.3, -0.25) is 14.5 Å². The van der Waals surface area contributed by atoms with Crippen molar-refractivity contribution in [3.63, 3.8) is 0 Å². The molecule has 0 bridgehead atoms. The molecule has 4 rings (SSSR count). The number of rotatable bonds is 4. The first-order valence-corrected chi connectivity index (χ1v) is 10.4. The van der Waals surface area contributed by atoms with Crippen LogP contribution in [0.3, 0.4) is 0 Å². The van der Waals surface area contributed by atoms with Crippen molar-refractivity contribution in [1.82, 2.24) is 0 Å². The second kappa shape index (κ2) is 8.35. The summed E-state index contributed by atoms with van der Waals surface area (Å²) in [5, 5.41) is 11.2. The lowest BCUT2D eigenvalue weighted by Crippen LogP contribution is -2.29. The van der Waals surface area contributed by atoms with Crippen LogP contribution < -0.4 is 9.64 Å². The molecule has 3 aromatic carbocycles. The third kappa shape index (κ3) is 3.66. The molecule has 1 saturated heterocycles. The SMILES string of the molecule is COc1ccc(N2C(=O)C(=O)/C(=C(\O)c3ccc(C)c(C)c3)C2c2cccc(C)c2)cc1. The summed E-state index contributed by atoms with van der Waals surface area (Å²) < 4.78 is 5.23. The number of aliphatic hydroxyl groups excluding tert-OH is 1. The second-order valence-corrected chi connectivity index (χ2v) is 8.08. The molecule has 1 N–H and O–H groups in total. The first-order valence-electron chi connectivity index (χ1n) is 10.4. The molecule has 32 heavy (non-hydrogen) atoms. The molecule has 0 radical (unpaired) electrons. The van der Waals surface area contributed by atoms with Gasteiger partial charge in [0.1, 0.15) is 11.5 Å². The zero-order chi connectivity index (χ0) is 23.0. The summed E-state index contributed by atoms with van der Waals surface area (Å²) in [5.41, 5.74) is 4.97. The van der Waals surface area contributed by atoms with Crippen molar-refractivity contribution in [1.29, 1.82) is 0 Å². The van der Waals surface area contributed by atoms with E-state index in [9.17, 15) is 14.7 Å². The third-order valence-electron chi connectivity index (χ3n) is 5.93. The van der Waals surface area contributed by atoms with Gasteiger partial charge in [0.15, 0.2) is 0 Å². The maximum Gasteiger partial charge on any atom is 0.300 e.